The normalized spacial score (nSPS) is 18.3. The number of hydrogen-bond acceptors (Lipinski definition) is 6. The van der Waals surface area contributed by atoms with E-state index in [1.54, 1.807) is 49.4 Å². The van der Waals surface area contributed by atoms with Gasteiger partial charge in [-0.1, -0.05) is 0 Å². The first kappa shape index (κ1) is 16.3. The van der Waals surface area contributed by atoms with E-state index in [-0.39, 0.29) is 17.4 Å². The lowest BCUT2D eigenvalue weighted by Gasteiger charge is -2.05. The molecule has 0 saturated heterocycles. The molecule has 0 saturated carbocycles. The van der Waals surface area contributed by atoms with Crippen molar-refractivity contribution in [3.05, 3.63) is 47.8 Å². The lowest BCUT2D eigenvalue weighted by molar-refractivity contribution is -0.112. The number of nitrogens with zero attached hydrogens (tertiary/aromatic N) is 4. The van der Waals surface area contributed by atoms with Crippen molar-refractivity contribution >= 4 is 30.2 Å². The Balaban J connectivity index is 2.17. The molecule has 1 amide bonds. The van der Waals surface area contributed by atoms with E-state index in [1.165, 1.54) is 0 Å². The number of carbonyl (C=O) groups is 1. The van der Waals surface area contributed by atoms with Crippen molar-refractivity contribution in [2.45, 2.75) is 13.8 Å². The maximum atomic E-state index is 12.3. The highest BCUT2D eigenvalue weighted by Crippen LogP contribution is 2.15. The SMILES string of the molecule is CC=N/C=C(\C)C1C=NC(N)=C(C(=O)Nc2ccncc2)N=C1. The molecular formula is C16H18N6O. The van der Waals surface area contributed by atoms with Crippen LogP contribution in [0.5, 0.6) is 0 Å². The second-order valence-electron chi connectivity index (χ2n) is 4.79. The van der Waals surface area contributed by atoms with Crippen LogP contribution < -0.4 is 11.1 Å². The highest BCUT2D eigenvalue weighted by molar-refractivity contribution is 6.06. The summed E-state index contributed by atoms with van der Waals surface area (Å²) in [7, 11) is 0. The van der Waals surface area contributed by atoms with Gasteiger partial charge in [-0.3, -0.25) is 19.8 Å². The van der Waals surface area contributed by atoms with Crippen LogP contribution in [0.3, 0.4) is 0 Å². The monoisotopic (exact) mass is 310 g/mol. The minimum absolute atomic E-state index is 0.0714. The number of nitrogens with one attached hydrogen (secondary N) is 1. The fourth-order valence-electron chi connectivity index (χ4n) is 1.80. The summed E-state index contributed by atoms with van der Waals surface area (Å²) in [5, 5.41) is 2.71. The Morgan fingerprint density at radius 2 is 2.00 bits per heavy atom. The number of anilines is 1. The number of pyridine rings is 1. The molecule has 2 heterocycles. The third-order valence-electron chi connectivity index (χ3n) is 3.09. The summed E-state index contributed by atoms with van der Waals surface area (Å²) >= 11 is 0. The molecule has 0 bridgehead atoms. The third-order valence-corrected chi connectivity index (χ3v) is 3.09. The van der Waals surface area contributed by atoms with Crippen molar-refractivity contribution in [3.63, 3.8) is 0 Å². The summed E-state index contributed by atoms with van der Waals surface area (Å²) in [5.41, 5.74) is 7.47. The average molecular weight is 310 g/mol. The average Bonchev–Trinajstić information content (AvgIpc) is 2.75. The minimum atomic E-state index is -0.420. The molecule has 0 aromatic carbocycles. The molecule has 0 radical (unpaired) electrons. The standard InChI is InChI=1S/C16H18N6O/c1-3-18-8-11(2)12-9-20-14(15(17)21-10-12)16(23)22-13-4-6-19-7-5-13/h3-10,12H,17H2,1-2H3,(H,19,22,23)/b11-8+,18-3?. The smallest absolute Gasteiger partial charge is 0.278 e. The van der Waals surface area contributed by atoms with Crippen LogP contribution >= 0.6 is 0 Å². The summed E-state index contributed by atoms with van der Waals surface area (Å²) < 4.78 is 0. The molecular weight excluding hydrogens is 292 g/mol. The first-order valence-electron chi connectivity index (χ1n) is 7.05. The number of hydrogen-bond donors (Lipinski definition) is 2. The van der Waals surface area contributed by atoms with Gasteiger partial charge in [0.1, 0.15) is 0 Å². The number of carbonyl (C=O) groups excluding carboxylic acids is 1. The van der Waals surface area contributed by atoms with Crippen LogP contribution in [-0.4, -0.2) is 29.5 Å². The van der Waals surface area contributed by atoms with E-state index in [4.69, 9.17) is 5.73 Å². The molecule has 0 fully saturated rings. The number of aromatic nitrogens is 1. The molecule has 118 valence electrons. The highest BCUT2D eigenvalue weighted by atomic mass is 16.2. The predicted octanol–water partition coefficient (Wildman–Crippen LogP) is 1.91. The molecule has 0 aliphatic carbocycles. The zero-order chi connectivity index (χ0) is 16.7. The van der Waals surface area contributed by atoms with Crippen molar-refractivity contribution in [3.8, 4) is 0 Å². The topological polar surface area (TPSA) is 105 Å². The van der Waals surface area contributed by atoms with Crippen LogP contribution in [0.2, 0.25) is 0 Å². The van der Waals surface area contributed by atoms with Crippen molar-refractivity contribution in [1.29, 1.82) is 0 Å². The fraction of sp³-hybridized carbons (Fsp3) is 0.188. The van der Waals surface area contributed by atoms with E-state index in [9.17, 15) is 4.79 Å². The number of nitrogens with two attached hydrogens (primary N) is 1. The first-order valence-corrected chi connectivity index (χ1v) is 7.05. The second-order valence-corrected chi connectivity index (χ2v) is 4.79. The van der Waals surface area contributed by atoms with Gasteiger partial charge in [0.15, 0.2) is 11.5 Å². The van der Waals surface area contributed by atoms with Crippen LogP contribution in [-0.2, 0) is 4.79 Å². The summed E-state index contributed by atoms with van der Waals surface area (Å²) in [6, 6.07) is 3.35. The van der Waals surface area contributed by atoms with Gasteiger partial charge in [-0.2, -0.15) is 0 Å². The van der Waals surface area contributed by atoms with E-state index in [1.807, 2.05) is 13.8 Å². The van der Waals surface area contributed by atoms with Crippen LogP contribution in [0.15, 0.2) is 62.8 Å². The van der Waals surface area contributed by atoms with E-state index < -0.39 is 5.91 Å². The van der Waals surface area contributed by atoms with Gasteiger partial charge in [-0.05, 0) is 31.6 Å². The predicted molar refractivity (Wildman–Crippen MR) is 92.5 cm³/mol. The number of rotatable bonds is 4. The quantitative estimate of drug-likeness (QED) is 0.830. The highest BCUT2D eigenvalue weighted by Gasteiger charge is 2.17. The van der Waals surface area contributed by atoms with E-state index in [0.29, 0.717) is 5.69 Å². The van der Waals surface area contributed by atoms with E-state index in [2.05, 4.69) is 25.3 Å². The van der Waals surface area contributed by atoms with Crippen molar-refractivity contribution < 1.29 is 4.79 Å². The molecule has 1 aromatic rings. The van der Waals surface area contributed by atoms with Crippen molar-refractivity contribution in [2.75, 3.05) is 5.32 Å². The van der Waals surface area contributed by atoms with Crippen LogP contribution in [0.25, 0.3) is 0 Å². The Morgan fingerprint density at radius 3 is 2.70 bits per heavy atom. The zero-order valence-corrected chi connectivity index (χ0v) is 13.0. The van der Waals surface area contributed by atoms with Gasteiger partial charge in [0.05, 0.1) is 5.92 Å². The Bertz CT molecular complexity index is 715. The molecule has 1 aliphatic rings. The van der Waals surface area contributed by atoms with Gasteiger partial charge >= 0.3 is 0 Å². The maximum Gasteiger partial charge on any atom is 0.278 e. The van der Waals surface area contributed by atoms with Crippen molar-refractivity contribution in [1.82, 2.24) is 4.98 Å². The summed E-state index contributed by atoms with van der Waals surface area (Å²) in [6.45, 7) is 3.74. The first-order chi connectivity index (χ1) is 11.1. The number of amides is 1. The molecule has 23 heavy (non-hydrogen) atoms. The molecule has 1 aliphatic heterocycles. The van der Waals surface area contributed by atoms with Crippen LogP contribution in [0.1, 0.15) is 13.8 Å². The fourth-order valence-corrected chi connectivity index (χ4v) is 1.80. The zero-order valence-electron chi connectivity index (χ0n) is 13.0. The number of aliphatic imine (C=N–C) groups is 3. The maximum absolute atomic E-state index is 12.3. The molecule has 7 nitrogen and oxygen atoms in total. The molecule has 3 N–H and O–H groups in total. The van der Waals surface area contributed by atoms with Gasteiger partial charge in [-0.25, -0.2) is 4.99 Å². The molecule has 7 heteroatoms. The van der Waals surface area contributed by atoms with Gasteiger partial charge in [0, 0.05) is 42.9 Å². The number of allylic oxidation sites excluding steroid dienone is 1. The summed E-state index contributed by atoms with van der Waals surface area (Å²) in [6.07, 6.45) is 9.85. The van der Waals surface area contributed by atoms with E-state index >= 15 is 0 Å². The van der Waals surface area contributed by atoms with Crippen molar-refractivity contribution in [2.24, 2.45) is 26.6 Å². The Hall–Kier alpha value is -3.09. The Kier molecular flexibility index (Phi) is 5.51. The summed E-state index contributed by atoms with van der Waals surface area (Å²) in [4.78, 5) is 28.6. The minimum Gasteiger partial charge on any atom is -0.382 e. The lowest BCUT2D eigenvalue weighted by Crippen LogP contribution is -2.17. The molecule has 1 aromatic heterocycles. The second kappa shape index (κ2) is 7.79. The molecule has 1 unspecified atom stereocenters. The molecule has 2 rings (SSSR count). The Labute approximate surface area is 134 Å². The third kappa shape index (κ3) is 4.44. The van der Waals surface area contributed by atoms with Crippen LogP contribution in [0, 0.1) is 5.92 Å². The van der Waals surface area contributed by atoms with Gasteiger partial charge in [0.2, 0.25) is 0 Å². The van der Waals surface area contributed by atoms with E-state index in [0.717, 1.165) is 5.57 Å². The largest absolute Gasteiger partial charge is 0.382 e. The molecule has 0 spiro atoms. The molecule has 1 atom stereocenters. The van der Waals surface area contributed by atoms with Crippen LogP contribution in [0.4, 0.5) is 5.69 Å². The lowest BCUT2D eigenvalue weighted by atomic mass is 10.0. The van der Waals surface area contributed by atoms with Gasteiger partial charge < -0.3 is 11.1 Å². The summed E-state index contributed by atoms with van der Waals surface area (Å²) in [5.74, 6) is -0.512. The van der Waals surface area contributed by atoms with Gasteiger partial charge in [-0.15, -0.1) is 0 Å². The Morgan fingerprint density at radius 1 is 1.30 bits per heavy atom. The van der Waals surface area contributed by atoms with Gasteiger partial charge in [0.25, 0.3) is 5.91 Å².